The second kappa shape index (κ2) is 9.92. The monoisotopic (exact) mass is 506 g/mol. The molecule has 4 rings (SSSR count). The van der Waals surface area contributed by atoms with Crippen molar-refractivity contribution in [3.05, 3.63) is 0 Å². The first-order valence-corrected chi connectivity index (χ1v) is 14.0. The summed E-state index contributed by atoms with van der Waals surface area (Å²) in [7, 11) is 1.41. The van der Waals surface area contributed by atoms with E-state index in [0.29, 0.717) is 30.6 Å². The molecule has 4 fully saturated rings. The molecule has 10 atom stereocenters. The number of rotatable bonds is 6. The fourth-order valence-electron chi connectivity index (χ4n) is 9.45. The van der Waals surface area contributed by atoms with E-state index in [1.165, 1.54) is 21.0 Å². The second-order valence-electron chi connectivity index (χ2n) is 12.8. The number of ether oxygens (including phenoxy) is 3. The molecule has 7 nitrogen and oxygen atoms in total. The quantitative estimate of drug-likeness (QED) is 0.407. The van der Waals surface area contributed by atoms with Crippen LogP contribution < -0.4 is 0 Å². The van der Waals surface area contributed by atoms with Gasteiger partial charge in [0.2, 0.25) is 0 Å². The topological polar surface area (TPSA) is 99.1 Å². The van der Waals surface area contributed by atoms with Crippen LogP contribution in [0.25, 0.3) is 0 Å². The van der Waals surface area contributed by atoms with Crippen LogP contribution in [-0.2, 0) is 28.6 Å². The van der Waals surface area contributed by atoms with E-state index in [0.717, 1.165) is 51.4 Å². The van der Waals surface area contributed by atoms with E-state index < -0.39 is 5.60 Å². The number of carbonyl (C=O) groups excluding carboxylic acids is 3. The van der Waals surface area contributed by atoms with Crippen molar-refractivity contribution in [2.24, 2.45) is 40.4 Å². The summed E-state index contributed by atoms with van der Waals surface area (Å²) in [4.78, 5) is 35.6. The maximum absolute atomic E-state index is 12.2. The SMILES string of the molecule is COC(=O)CC[C@@H](C)[C@@]1(O)CC[C@H]2[C@@H]3C[C@@H](OC(C)=O)[C@@H]4C[C@H](OC(C)=O)CC[C@]4(C)[C@H]3CC[C@@]21C. The lowest BCUT2D eigenvalue weighted by Crippen LogP contribution is -2.61. The second-order valence-corrected chi connectivity index (χ2v) is 12.8. The Kier molecular flexibility index (Phi) is 7.55. The van der Waals surface area contributed by atoms with Crippen LogP contribution in [-0.4, -0.2) is 47.9 Å². The van der Waals surface area contributed by atoms with Gasteiger partial charge < -0.3 is 19.3 Å². The molecular formula is C29H46O7. The van der Waals surface area contributed by atoms with Crippen LogP contribution in [0.15, 0.2) is 0 Å². The predicted molar refractivity (Wildman–Crippen MR) is 134 cm³/mol. The highest BCUT2D eigenvalue weighted by atomic mass is 16.5. The Morgan fingerprint density at radius 1 is 0.917 bits per heavy atom. The molecule has 0 aliphatic heterocycles. The minimum absolute atomic E-state index is 0.00138. The normalized spacial score (nSPS) is 44.4. The molecule has 0 heterocycles. The zero-order valence-electron chi connectivity index (χ0n) is 23.0. The maximum atomic E-state index is 12.2. The van der Waals surface area contributed by atoms with E-state index in [2.05, 4.69) is 20.8 Å². The Labute approximate surface area is 216 Å². The molecule has 0 bridgehead atoms. The molecule has 0 aromatic rings. The Morgan fingerprint density at radius 3 is 2.22 bits per heavy atom. The van der Waals surface area contributed by atoms with Crippen LogP contribution in [0, 0.1) is 40.4 Å². The Hall–Kier alpha value is -1.63. The molecule has 4 aliphatic carbocycles. The van der Waals surface area contributed by atoms with Crippen LogP contribution >= 0.6 is 0 Å². The smallest absolute Gasteiger partial charge is 0.305 e. The molecule has 204 valence electrons. The lowest BCUT2D eigenvalue weighted by molar-refractivity contribution is -0.209. The summed E-state index contributed by atoms with van der Waals surface area (Å²) >= 11 is 0. The predicted octanol–water partition coefficient (Wildman–Crippen LogP) is 4.82. The summed E-state index contributed by atoms with van der Waals surface area (Å²) in [6, 6.07) is 0. The standard InChI is InChI=1S/C29H46O7/c1-17(7-8-26(32)34-6)29(33)14-11-23-21-16-25(36-19(3)31)24-15-20(35-18(2)30)9-12-27(24,4)22(21)10-13-28(23,29)5/h17,20-25,33H,7-16H2,1-6H3/t17-,20-,21-,22+,23+,24+,25-,27-,28+,29+/m1/s1. The Morgan fingerprint density at radius 2 is 1.58 bits per heavy atom. The molecule has 7 heteroatoms. The summed E-state index contributed by atoms with van der Waals surface area (Å²) in [5.41, 5.74) is -1.04. The average molecular weight is 507 g/mol. The van der Waals surface area contributed by atoms with Crippen molar-refractivity contribution in [3.8, 4) is 0 Å². The van der Waals surface area contributed by atoms with Crippen molar-refractivity contribution in [3.63, 3.8) is 0 Å². The van der Waals surface area contributed by atoms with E-state index in [-0.39, 0.29) is 52.8 Å². The molecule has 4 aliphatic rings. The fourth-order valence-corrected chi connectivity index (χ4v) is 9.45. The molecule has 4 saturated carbocycles. The van der Waals surface area contributed by atoms with Crippen molar-refractivity contribution in [2.45, 2.75) is 117 Å². The average Bonchev–Trinajstić information content (AvgIpc) is 3.09. The van der Waals surface area contributed by atoms with Crippen LogP contribution in [0.5, 0.6) is 0 Å². The van der Waals surface area contributed by atoms with Crippen LogP contribution in [0.4, 0.5) is 0 Å². The number of methoxy groups -OCH3 is 1. The molecule has 0 spiro atoms. The minimum atomic E-state index is -0.821. The van der Waals surface area contributed by atoms with Gasteiger partial charge in [0.1, 0.15) is 12.2 Å². The van der Waals surface area contributed by atoms with Crippen molar-refractivity contribution >= 4 is 17.9 Å². The molecule has 0 amide bonds. The van der Waals surface area contributed by atoms with Crippen molar-refractivity contribution < 1.29 is 33.7 Å². The number of carbonyl (C=O) groups is 3. The zero-order valence-corrected chi connectivity index (χ0v) is 23.0. The molecule has 36 heavy (non-hydrogen) atoms. The van der Waals surface area contributed by atoms with E-state index in [1.54, 1.807) is 0 Å². The van der Waals surface area contributed by atoms with Crippen LogP contribution in [0.3, 0.4) is 0 Å². The van der Waals surface area contributed by atoms with Gasteiger partial charge in [-0.25, -0.2) is 0 Å². The number of aliphatic hydroxyl groups is 1. The molecule has 1 N–H and O–H groups in total. The molecule has 0 radical (unpaired) electrons. The maximum Gasteiger partial charge on any atom is 0.305 e. The van der Waals surface area contributed by atoms with Gasteiger partial charge in [0, 0.05) is 26.2 Å². The number of hydrogen-bond donors (Lipinski definition) is 1. The summed E-state index contributed by atoms with van der Waals surface area (Å²) in [6.45, 7) is 9.67. The minimum Gasteiger partial charge on any atom is -0.469 e. The summed E-state index contributed by atoms with van der Waals surface area (Å²) in [6.07, 6.45) is 7.70. The van der Waals surface area contributed by atoms with Gasteiger partial charge in [0.25, 0.3) is 0 Å². The molecule has 0 aromatic carbocycles. The van der Waals surface area contributed by atoms with Gasteiger partial charge in [-0.2, -0.15) is 0 Å². The van der Waals surface area contributed by atoms with Crippen LogP contribution in [0.2, 0.25) is 0 Å². The highest BCUT2D eigenvalue weighted by molar-refractivity contribution is 5.69. The lowest BCUT2D eigenvalue weighted by Gasteiger charge is -2.63. The third-order valence-corrected chi connectivity index (χ3v) is 11.3. The lowest BCUT2D eigenvalue weighted by atomic mass is 9.43. The highest BCUT2D eigenvalue weighted by Gasteiger charge is 2.67. The van der Waals surface area contributed by atoms with Gasteiger partial charge in [-0.1, -0.05) is 20.8 Å². The third kappa shape index (κ3) is 4.48. The first-order chi connectivity index (χ1) is 16.9. The number of fused-ring (bicyclic) bond motifs is 5. The van der Waals surface area contributed by atoms with Gasteiger partial charge in [-0.3, -0.25) is 14.4 Å². The van der Waals surface area contributed by atoms with Gasteiger partial charge in [0.05, 0.1) is 12.7 Å². The van der Waals surface area contributed by atoms with Crippen molar-refractivity contribution in [2.75, 3.05) is 7.11 Å². The first kappa shape index (κ1) is 27.4. The fraction of sp³-hybridized carbons (Fsp3) is 0.897. The molecular weight excluding hydrogens is 460 g/mol. The molecule has 0 saturated heterocycles. The van der Waals surface area contributed by atoms with Gasteiger partial charge in [-0.05, 0) is 92.3 Å². The van der Waals surface area contributed by atoms with E-state index in [4.69, 9.17) is 14.2 Å². The van der Waals surface area contributed by atoms with Crippen molar-refractivity contribution in [1.82, 2.24) is 0 Å². The summed E-state index contributed by atoms with van der Waals surface area (Å²) < 4.78 is 16.5. The Balaban J connectivity index is 1.60. The van der Waals surface area contributed by atoms with E-state index in [9.17, 15) is 19.5 Å². The highest BCUT2D eigenvalue weighted by Crippen LogP contribution is 2.69. The molecule has 0 aromatic heterocycles. The Bertz CT molecular complexity index is 872. The van der Waals surface area contributed by atoms with Gasteiger partial charge >= 0.3 is 17.9 Å². The first-order valence-electron chi connectivity index (χ1n) is 14.0. The zero-order chi connectivity index (χ0) is 26.5. The van der Waals surface area contributed by atoms with E-state index in [1.807, 2.05) is 0 Å². The largest absolute Gasteiger partial charge is 0.469 e. The summed E-state index contributed by atoms with van der Waals surface area (Å²) in [5, 5.41) is 12.1. The van der Waals surface area contributed by atoms with Crippen molar-refractivity contribution in [1.29, 1.82) is 0 Å². The van der Waals surface area contributed by atoms with Gasteiger partial charge in [0.15, 0.2) is 0 Å². The van der Waals surface area contributed by atoms with Crippen LogP contribution in [0.1, 0.15) is 98.8 Å². The summed E-state index contributed by atoms with van der Waals surface area (Å²) in [5.74, 6) is 0.662. The molecule has 0 unspecified atom stereocenters. The number of hydrogen-bond acceptors (Lipinski definition) is 7. The van der Waals surface area contributed by atoms with Gasteiger partial charge in [-0.15, -0.1) is 0 Å². The van der Waals surface area contributed by atoms with E-state index >= 15 is 0 Å². The number of esters is 3. The third-order valence-electron chi connectivity index (χ3n) is 11.3.